The first-order valence-corrected chi connectivity index (χ1v) is 6.73. The van der Waals surface area contributed by atoms with Gasteiger partial charge in [-0.1, -0.05) is 0 Å². The first kappa shape index (κ1) is 12.8. The van der Waals surface area contributed by atoms with Crippen molar-refractivity contribution in [1.29, 1.82) is 0 Å². The highest BCUT2D eigenvalue weighted by atomic mass is 16.5. The zero-order valence-electron chi connectivity index (χ0n) is 10.7. The van der Waals surface area contributed by atoms with E-state index in [0.717, 1.165) is 58.2 Å². The molecule has 0 bridgehead atoms. The Balaban J connectivity index is 1.89. The van der Waals surface area contributed by atoms with Crippen LogP contribution in [0.5, 0.6) is 0 Å². The summed E-state index contributed by atoms with van der Waals surface area (Å²) in [6.45, 7) is 4.51. The fraction of sp³-hybridized carbons (Fsp3) is 0.923. The molecule has 0 aromatic heterocycles. The van der Waals surface area contributed by atoms with E-state index in [4.69, 9.17) is 4.74 Å². The predicted octanol–water partition coefficient (Wildman–Crippen LogP) is 1.88. The van der Waals surface area contributed by atoms with Gasteiger partial charge in [0, 0.05) is 13.2 Å². The lowest BCUT2D eigenvalue weighted by Crippen LogP contribution is -2.55. The number of ether oxygens (including phenoxy) is 1. The molecule has 2 atom stereocenters. The molecule has 2 unspecified atom stereocenters. The maximum Gasteiger partial charge on any atom is 0.323 e. The summed E-state index contributed by atoms with van der Waals surface area (Å²) in [5, 5.41) is 9.39. The Labute approximate surface area is 103 Å². The Bertz CT molecular complexity index is 276. The van der Waals surface area contributed by atoms with Gasteiger partial charge < -0.3 is 9.84 Å². The maximum absolute atomic E-state index is 11.4. The van der Waals surface area contributed by atoms with Crippen molar-refractivity contribution in [1.82, 2.24) is 4.90 Å². The van der Waals surface area contributed by atoms with Gasteiger partial charge in [0.05, 0.1) is 6.10 Å². The van der Waals surface area contributed by atoms with Crippen LogP contribution < -0.4 is 0 Å². The van der Waals surface area contributed by atoms with E-state index in [2.05, 4.69) is 4.90 Å². The SMILES string of the molecule is CC1(C(=O)O)CCCCN1CCC1CCCO1. The van der Waals surface area contributed by atoms with E-state index in [0.29, 0.717) is 6.10 Å². The summed E-state index contributed by atoms with van der Waals surface area (Å²) >= 11 is 0. The van der Waals surface area contributed by atoms with Crippen LogP contribution in [-0.4, -0.2) is 47.3 Å². The number of likely N-dealkylation sites (tertiary alicyclic amines) is 1. The Kier molecular flexibility index (Phi) is 4.05. The maximum atomic E-state index is 11.4. The van der Waals surface area contributed by atoms with Crippen molar-refractivity contribution < 1.29 is 14.6 Å². The smallest absolute Gasteiger partial charge is 0.323 e. The summed E-state index contributed by atoms with van der Waals surface area (Å²) in [5.41, 5.74) is -0.656. The standard InChI is InChI=1S/C13H23NO3/c1-13(12(15)16)7-2-3-8-14(13)9-6-11-5-4-10-17-11/h11H,2-10H2,1H3,(H,15,16). The third kappa shape index (κ3) is 2.80. The minimum Gasteiger partial charge on any atom is -0.480 e. The molecule has 2 rings (SSSR count). The molecule has 2 aliphatic heterocycles. The molecule has 0 spiro atoms. The van der Waals surface area contributed by atoms with Crippen LogP contribution in [0.4, 0.5) is 0 Å². The first-order chi connectivity index (χ1) is 8.13. The van der Waals surface area contributed by atoms with Gasteiger partial charge in [0.25, 0.3) is 0 Å². The van der Waals surface area contributed by atoms with Gasteiger partial charge in [0.15, 0.2) is 0 Å². The average Bonchev–Trinajstić information content (AvgIpc) is 2.81. The van der Waals surface area contributed by atoms with E-state index in [-0.39, 0.29) is 0 Å². The zero-order chi connectivity index (χ0) is 12.3. The average molecular weight is 241 g/mol. The fourth-order valence-corrected chi connectivity index (χ4v) is 2.95. The van der Waals surface area contributed by atoms with Crippen LogP contribution in [0.1, 0.15) is 45.4 Å². The van der Waals surface area contributed by atoms with E-state index < -0.39 is 11.5 Å². The fourth-order valence-electron chi connectivity index (χ4n) is 2.95. The molecule has 0 aromatic rings. The Hall–Kier alpha value is -0.610. The molecule has 2 saturated heterocycles. The van der Waals surface area contributed by atoms with Gasteiger partial charge in [-0.15, -0.1) is 0 Å². The molecule has 4 nitrogen and oxygen atoms in total. The van der Waals surface area contributed by atoms with Gasteiger partial charge in [0.1, 0.15) is 5.54 Å². The lowest BCUT2D eigenvalue weighted by Gasteiger charge is -2.42. The minimum atomic E-state index is -0.676. The van der Waals surface area contributed by atoms with Gasteiger partial charge in [0.2, 0.25) is 0 Å². The number of nitrogens with zero attached hydrogens (tertiary/aromatic N) is 1. The van der Waals surface area contributed by atoms with Crippen LogP contribution in [0, 0.1) is 0 Å². The molecule has 1 N–H and O–H groups in total. The van der Waals surface area contributed by atoms with E-state index in [9.17, 15) is 9.90 Å². The van der Waals surface area contributed by atoms with Crippen molar-refractivity contribution in [2.24, 2.45) is 0 Å². The number of carboxylic acids is 1. The second-order valence-corrected chi connectivity index (χ2v) is 5.45. The van der Waals surface area contributed by atoms with E-state index in [1.54, 1.807) is 0 Å². The van der Waals surface area contributed by atoms with Gasteiger partial charge in [-0.25, -0.2) is 0 Å². The van der Waals surface area contributed by atoms with Crippen LogP contribution in [0.25, 0.3) is 0 Å². The molecule has 2 heterocycles. The molecule has 0 saturated carbocycles. The molecular weight excluding hydrogens is 218 g/mol. The highest BCUT2D eigenvalue weighted by molar-refractivity contribution is 5.78. The summed E-state index contributed by atoms with van der Waals surface area (Å²) in [6.07, 6.45) is 6.54. The molecule has 2 aliphatic rings. The van der Waals surface area contributed by atoms with Crippen molar-refractivity contribution in [2.75, 3.05) is 19.7 Å². The molecular formula is C13H23NO3. The van der Waals surface area contributed by atoms with E-state index >= 15 is 0 Å². The summed E-state index contributed by atoms with van der Waals surface area (Å²) in [5.74, 6) is -0.676. The summed E-state index contributed by atoms with van der Waals surface area (Å²) in [6, 6.07) is 0. The molecule has 0 aliphatic carbocycles. The lowest BCUT2D eigenvalue weighted by atomic mass is 9.88. The molecule has 2 fully saturated rings. The van der Waals surface area contributed by atoms with Gasteiger partial charge in [-0.3, -0.25) is 9.69 Å². The van der Waals surface area contributed by atoms with Crippen LogP contribution in [0.15, 0.2) is 0 Å². The highest BCUT2D eigenvalue weighted by Crippen LogP contribution is 2.29. The second kappa shape index (κ2) is 5.36. The molecule has 17 heavy (non-hydrogen) atoms. The Morgan fingerprint density at radius 2 is 2.29 bits per heavy atom. The van der Waals surface area contributed by atoms with E-state index in [1.807, 2.05) is 6.92 Å². The number of hydrogen-bond acceptors (Lipinski definition) is 3. The molecule has 0 aromatic carbocycles. The van der Waals surface area contributed by atoms with Crippen molar-refractivity contribution >= 4 is 5.97 Å². The van der Waals surface area contributed by atoms with Gasteiger partial charge >= 0.3 is 5.97 Å². The Morgan fingerprint density at radius 3 is 2.94 bits per heavy atom. The summed E-state index contributed by atoms with van der Waals surface area (Å²) < 4.78 is 5.60. The predicted molar refractivity (Wildman–Crippen MR) is 65.1 cm³/mol. The normalized spacial score (nSPS) is 35.0. The number of carboxylic acid groups (broad SMARTS) is 1. The largest absolute Gasteiger partial charge is 0.480 e. The zero-order valence-corrected chi connectivity index (χ0v) is 10.7. The number of piperidine rings is 1. The molecule has 98 valence electrons. The molecule has 4 heteroatoms. The number of aliphatic carboxylic acids is 1. The van der Waals surface area contributed by atoms with E-state index in [1.165, 1.54) is 0 Å². The monoisotopic (exact) mass is 241 g/mol. The lowest BCUT2D eigenvalue weighted by molar-refractivity contribution is -0.153. The number of carbonyl (C=O) groups is 1. The third-order valence-corrected chi connectivity index (χ3v) is 4.25. The third-order valence-electron chi connectivity index (χ3n) is 4.25. The quantitative estimate of drug-likeness (QED) is 0.816. The van der Waals surface area contributed by atoms with Crippen molar-refractivity contribution in [2.45, 2.75) is 57.1 Å². The van der Waals surface area contributed by atoms with Crippen molar-refractivity contribution in [3.8, 4) is 0 Å². The van der Waals surface area contributed by atoms with Crippen LogP contribution >= 0.6 is 0 Å². The Morgan fingerprint density at radius 1 is 1.47 bits per heavy atom. The number of hydrogen-bond donors (Lipinski definition) is 1. The minimum absolute atomic E-state index is 0.356. The van der Waals surface area contributed by atoms with Gasteiger partial charge in [-0.2, -0.15) is 0 Å². The van der Waals surface area contributed by atoms with Crippen molar-refractivity contribution in [3.05, 3.63) is 0 Å². The summed E-state index contributed by atoms with van der Waals surface area (Å²) in [4.78, 5) is 13.5. The summed E-state index contributed by atoms with van der Waals surface area (Å²) in [7, 11) is 0. The first-order valence-electron chi connectivity index (χ1n) is 6.73. The van der Waals surface area contributed by atoms with Crippen LogP contribution in [0.3, 0.4) is 0 Å². The molecule has 0 amide bonds. The topological polar surface area (TPSA) is 49.8 Å². The molecule has 0 radical (unpaired) electrons. The highest BCUT2D eigenvalue weighted by Gasteiger charge is 2.41. The number of rotatable bonds is 4. The van der Waals surface area contributed by atoms with Crippen LogP contribution in [-0.2, 0) is 9.53 Å². The van der Waals surface area contributed by atoms with Gasteiger partial charge in [-0.05, 0) is 52.0 Å². The van der Waals surface area contributed by atoms with Crippen molar-refractivity contribution in [3.63, 3.8) is 0 Å². The second-order valence-electron chi connectivity index (χ2n) is 5.45. The van der Waals surface area contributed by atoms with Crippen LogP contribution in [0.2, 0.25) is 0 Å².